The molecule has 0 N–H and O–H groups in total. The zero-order valence-electron chi connectivity index (χ0n) is 13.7. The smallest absolute Gasteiger partial charge is 0.145 e. The molecule has 2 aromatic rings. The molecule has 0 aliphatic carbocycles. The summed E-state index contributed by atoms with van der Waals surface area (Å²) < 4.78 is 5.49. The normalized spacial score (nSPS) is 9.10. The van der Waals surface area contributed by atoms with Crippen molar-refractivity contribution in [2.24, 2.45) is 0 Å². The first-order chi connectivity index (χ1) is 9.65. The van der Waals surface area contributed by atoms with Crippen molar-refractivity contribution in [2.45, 2.75) is 47.5 Å². The van der Waals surface area contributed by atoms with Crippen LogP contribution in [0.15, 0.2) is 36.4 Å². The molecule has 2 aromatic carbocycles. The molecule has 0 saturated heterocycles. The van der Waals surface area contributed by atoms with Crippen molar-refractivity contribution in [1.82, 2.24) is 0 Å². The number of rotatable bonds is 2. The third-order valence-corrected chi connectivity index (χ3v) is 2.62. The summed E-state index contributed by atoms with van der Waals surface area (Å²) in [5.74, 6) is 0.943. The highest BCUT2D eigenvalue weighted by molar-refractivity contribution is 7.94. The van der Waals surface area contributed by atoms with Gasteiger partial charge in [0.25, 0.3) is 0 Å². The Balaban J connectivity index is 0.000000520. The van der Waals surface area contributed by atoms with E-state index in [9.17, 15) is 0 Å². The van der Waals surface area contributed by atoms with Crippen LogP contribution < -0.4 is 4.18 Å². The molecule has 0 radical (unpaired) electrons. The molecule has 0 spiro atoms. The van der Waals surface area contributed by atoms with Gasteiger partial charge in [-0.05, 0) is 23.9 Å². The number of aryl methyl sites for hydroxylation is 1. The Bertz CT molecular complexity index is 478. The SMILES string of the molecule is CCC.CCC.CSOc1cccc2c(C)cccc12. The maximum Gasteiger partial charge on any atom is 0.145 e. The molecule has 0 bridgehead atoms. The second-order valence-electron chi connectivity index (χ2n) is 4.59. The monoisotopic (exact) mass is 292 g/mol. The average molecular weight is 292 g/mol. The Morgan fingerprint density at radius 3 is 1.90 bits per heavy atom. The fourth-order valence-corrected chi connectivity index (χ4v) is 1.93. The second kappa shape index (κ2) is 11.7. The molecular weight excluding hydrogens is 264 g/mol. The van der Waals surface area contributed by atoms with Crippen LogP contribution in [-0.2, 0) is 0 Å². The molecule has 0 amide bonds. The van der Waals surface area contributed by atoms with Crippen LogP contribution in [0.5, 0.6) is 5.75 Å². The molecular formula is C18H28OS. The third kappa shape index (κ3) is 6.33. The Labute approximate surface area is 128 Å². The molecule has 1 nitrogen and oxygen atoms in total. The highest BCUT2D eigenvalue weighted by Gasteiger charge is 2.02. The van der Waals surface area contributed by atoms with Gasteiger partial charge in [0, 0.05) is 11.6 Å². The maximum atomic E-state index is 5.49. The largest absolute Gasteiger partial charge is 0.425 e. The summed E-state index contributed by atoms with van der Waals surface area (Å²) in [4.78, 5) is 0. The average Bonchev–Trinajstić information content (AvgIpc) is 2.42. The predicted molar refractivity (Wildman–Crippen MR) is 94.8 cm³/mol. The number of hydrogen-bond donors (Lipinski definition) is 0. The van der Waals surface area contributed by atoms with E-state index in [0.29, 0.717) is 0 Å². The van der Waals surface area contributed by atoms with Crippen LogP contribution in [-0.4, -0.2) is 6.26 Å². The molecule has 0 aromatic heterocycles. The second-order valence-corrected chi connectivity index (χ2v) is 5.09. The lowest BCUT2D eigenvalue weighted by atomic mass is 10.1. The Kier molecular flexibility index (Phi) is 11.0. The van der Waals surface area contributed by atoms with Gasteiger partial charge in [0.1, 0.15) is 5.75 Å². The van der Waals surface area contributed by atoms with Gasteiger partial charge >= 0.3 is 0 Å². The minimum absolute atomic E-state index is 0.943. The fraction of sp³-hybridized carbons (Fsp3) is 0.444. The van der Waals surface area contributed by atoms with Gasteiger partial charge in [-0.15, -0.1) is 0 Å². The Morgan fingerprint density at radius 1 is 0.850 bits per heavy atom. The highest BCUT2D eigenvalue weighted by Crippen LogP contribution is 2.29. The van der Waals surface area contributed by atoms with E-state index in [-0.39, 0.29) is 0 Å². The first-order valence-corrected chi connectivity index (χ1v) is 8.50. The van der Waals surface area contributed by atoms with E-state index in [2.05, 4.69) is 58.9 Å². The number of hydrogen-bond acceptors (Lipinski definition) is 2. The summed E-state index contributed by atoms with van der Waals surface area (Å²) in [5.41, 5.74) is 1.29. The molecule has 2 heteroatoms. The molecule has 0 unspecified atom stereocenters. The maximum absolute atomic E-state index is 5.49. The molecule has 2 rings (SSSR count). The lowest BCUT2D eigenvalue weighted by Crippen LogP contribution is -1.83. The van der Waals surface area contributed by atoms with Crippen LogP contribution in [0.3, 0.4) is 0 Å². The molecule has 0 fully saturated rings. The molecule has 112 valence electrons. The van der Waals surface area contributed by atoms with E-state index in [4.69, 9.17) is 4.18 Å². The lowest BCUT2D eigenvalue weighted by Gasteiger charge is -2.07. The van der Waals surface area contributed by atoms with Crippen LogP contribution in [0.1, 0.15) is 46.1 Å². The van der Waals surface area contributed by atoms with Crippen molar-refractivity contribution in [3.8, 4) is 5.75 Å². The van der Waals surface area contributed by atoms with Gasteiger partial charge in [-0.2, -0.15) is 0 Å². The first-order valence-electron chi connectivity index (χ1n) is 7.35. The van der Waals surface area contributed by atoms with Crippen LogP contribution in [0.2, 0.25) is 0 Å². The van der Waals surface area contributed by atoms with Gasteiger partial charge < -0.3 is 4.18 Å². The van der Waals surface area contributed by atoms with Crippen LogP contribution in [0, 0.1) is 6.92 Å². The highest BCUT2D eigenvalue weighted by atomic mass is 32.2. The van der Waals surface area contributed by atoms with E-state index >= 15 is 0 Å². The lowest BCUT2D eigenvalue weighted by molar-refractivity contribution is 0.658. The van der Waals surface area contributed by atoms with E-state index in [1.54, 1.807) is 0 Å². The van der Waals surface area contributed by atoms with E-state index in [1.807, 2.05) is 18.4 Å². The van der Waals surface area contributed by atoms with E-state index in [0.717, 1.165) is 5.75 Å². The van der Waals surface area contributed by atoms with Crippen molar-refractivity contribution < 1.29 is 4.18 Å². The van der Waals surface area contributed by atoms with Gasteiger partial charge in [-0.3, -0.25) is 0 Å². The summed E-state index contributed by atoms with van der Waals surface area (Å²) in [6, 6.07) is 12.4. The van der Waals surface area contributed by atoms with Gasteiger partial charge in [-0.1, -0.05) is 70.9 Å². The minimum Gasteiger partial charge on any atom is -0.425 e. The predicted octanol–water partition coefficient (Wildman–Crippen LogP) is 6.64. The van der Waals surface area contributed by atoms with Crippen LogP contribution >= 0.6 is 12.0 Å². The van der Waals surface area contributed by atoms with Crippen molar-refractivity contribution >= 4 is 22.8 Å². The summed E-state index contributed by atoms with van der Waals surface area (Å²) in [5, 5.41) is 2.45. The zero-order valence-corrected chi connectivity index (χ0v) is 14.5. The van der Waals surface area contributed by atoms with Crippen LogP contribution in [0.4, 0.5) is 0 Å². The number of fused-ring (bicyclic) bond motifs is 1. The molecule has 20 heavy (non-hydrogen) atoms. The Morgan fingerprint density at radius 2 is 1.35 bits per heavy atom. The Hall–Kier alpha value is -1.15. The summed E-state index contributed by atoms with van der Waals surface area (Å²) in [7, 11) is 0. The summed E-state index contributed by atoms with van der Waals surface area (Å²) in [6.45, 7) is 10.6. The fourth-order valence-electron chi connectivity index (χ4n) is 1.60. The summed E-state index contributed by atoms with van der Waals surface area (Å²) >= 11 is 1.38. The van der Waals surface area contributed by atoms with Crippen LogP contribution in [0.25, 0.3) is 10.8 Å². The first kappa shape index (κ1) is 18.9. The topological polar surface area (TPSA) is 9.23 Å². The quantitative estimate of drug-likeness (QED) is 0.574. The molecule has 0 saturated carbocycles. The van der Waals surface area contributed by atoms with Gasteiger partial charge in [-0.25, -0.2) is 0 Å². The van der Waals surface area contributed by atoms with E-state index < -0.39 is 0 Å². The molecule has 0 heterocycles. The van der Waals surface area contributed by atoms with Crippen molar-refractivity contribution in [3.63, 3.8) is 0 Å². The van der Waals surface area contributed by atoms with Gasteiger partial charge in [0.05, 0.1) is 12.0 Å². The molecule has 0 aliphatic heterocycles. The summed E-state index contributed by atoms with van der Waals surface area (Å²) in [6.07, 6.45) is 4.43. The van der Waals surface area contributed by atoms with Crippen molar-refractivity contribution in [2.75, 3.05) is 6.26 Å². The standard InChI is InChI=1S/C12H12OS.2C3H8/c1-9-5-3-7-11-10(9)6-4-8-12(11)13-14-2;2*1-3-2/h3-8H,1-2H3;2*3H2,1-2H3. The van der Waals surface area contributed by atoms with Gasteiger partial charge in [0.2, 0.25) is 0 Å². The molecule has 0 aliphatic rings. The van der Waals surface area contributed by atoms with E-state index in [1.165, 1.54) is 41.2 Å². The third-order valence-electron chi connectivity index (χ3n) is 2.27. The molecule has 0 atom stereocenters. The van der Waals surface area contributed by atoms with Gasteiger partial charge in [0.15, 0.2) is 0 Å². The number of benzene rings is 2. The zero-order chi connectivity index (χ0) is 15.4. The van der Waals surface area contributed by atoms with Crippen molar-refractivity contribution in [3.05, 3.63) is 42.0 Å². The minimum atomic E-state index is 0.943. The van der Waals surface area contributed by atoms with Crippen molar-refractivity contribution in [1.29, 1.82) is 0 Å².